The van der Waals surface area contributed by atoms with E-state index in [0.717, 1.165) is 16.8 Å². The standard InChI is InChI=1S/C12H11N3O/c1-7-6-14-10-3-2-8(4-9(7)10)11-5-12(13)16-15-11/h2-6,14H,13H2,1H3. The van der Waals surface area contributed by atoms with E-state index >= 15 is 0 Å². The molecule has 0 spiro atoms. The summed E-state index contributed by atoms with van der Waals surface area (Å²) in [5.41, 5.74) is 9.62. The molecule has 0 saturated heterocycles. The van der Waals surface area contributed by atoms with Gasteiger partial charge in [0.05, 0.1) is 0 Å². The molecule has 3 aromatic rings. The summed E-state index contributed by atoms with van der Waals surface area (Å²) in [5, 5.41) is 5.09. The van der Waals surface area contributed by atoms with Gasteiger partial charge in [-0.2, -0.15) is 0 Å². The molecule has 80 valence electrons. The summed E-state index contributed by atoms with van der Waals surface area (Å²) in [7, 11) is 0. The number of nitrogens with one attached hydrogen (secondary N) is 1. The van der Waals surface area contributed by atoms with Crippen molar-refractivity contribution in [2.75, 3.05) is 5.73 Å². The molecule has 4 nitrogen and oxygen atoms in total. The minimum atomic E-state index is 0.334. The average molecular weight is 213 g/mol. The fourth-order valence-corrected chi connectivity index (χ4v) is 1.84. The summed E-state index contributed by atoms with van der Waals surface area (Å²) in [4.78, 5) is 3.20. The zero-order valence-electron chi connectivity index (χ0n) is 8.82. The number of aromatic amines is 1. The van der Waals surface area contributed by atoms with Crippen LogP contribution in [0.4, 0.5) is 5.88 Å². The van der Waals surface area contributed by atoms with E-state index in [2.05, 4.69) is 23.1 Å². The van der Waals surface area contributed by atoms with Gasteiger partial charge in [-0.25, -0.2) is 0 Å². The van der Waals surface area contributed by atoms with Crippen LogP contribution in [0.3, 0.4) is 0 Å². The number of aromatic nitrogens is 2. The van der Waals surface area contributed by atoms with Gasteiger partial charge in [0.15, 0.2) is 0 Å². The smallest absolute Gasteiger partial charge is 0.222 e. The van der Waals surface area contributed by atoms with Crippen molar-refractivity contribution in [2.24, 2.45) is 0 Å². The Morgan fingerprint density at radius 3 is 2.94 bits per heavy atom. The van der Waals surface area contributed by atoms with Crippen LogP contribution in [-0.2, 0) is 0 Å². The van der Waals surface area contributed by atoms with Crippen LogP contribution in [0.25, 0.3) is 22.2 Å². The summed E-state index contributed by atoms with van der Waals surface area (Å²) in [6, 6.07) is 7.83. The van der Waals surface area contributed by atoms with Gasteiger partial charge in [0.2, 0.25) is 5.88 Å². The molecule has 0 atom stereocenters. The van der Waals surface area contributed by atoms with Gasteiger partial charge in [0.1, 0.15) is 5.69 Å². The number of fused-ring (bicyclic) bond motifs is 1. The lowest BCUT2D eigenvalue weighted by Gasteiger charge is -1.96. The molecule has 0 radical (unpaired) electrons. The number of nitrogens with zero attached hydrogens (tertiary/aromatic N) is 1. The van der Waals surface area contributed by atoms with Crippen molar-refractivity contribution in [2.45, 2.75) is 6.92 Å². The number of nitrogen functional groups attached to an aromatic ring is 1. The highest BCUT2D eigenvalue weighted by Gasteiger charge is 2.06. The third kappa shape index (κ3) is 1.27. The molecule has 3 rings (SSSR count). The fourth-order valence-electron chi connectivity index (χ4n) is 1.84. The van der Waals surface area contributed by atoms with Crippen LogP contribution < -0.4 is 5.73 Å². The van der Waals surface area contributed by atoms with Crippen molar-refractivity contribution in [1.82, 2.24) is 10.1 Å². The second kappa shape index (κ2) is 3.13. The van der Waals surface area contributed by atoms with E-state index in [-0.39, 0.29) is 0 Å². The molecule has 2 aromatic heterocycles. The van der Waals surface area contributed by atoms with E-state index in [1.165, 1.54) is 10.9 Å². The van der Waals surface area contributed by atoms with Gasteiger partial charge < -0.3 is 15.2 Å². The van der Waals surface area contributed by atoms with E-state index in [9.17, 15) is 0 Å². The maximum atomic E-state index is 5.50. The molecule has 0 aliphatic heterocycles. The van der Waals surface area contributed by atoms with E-state index in [1.807, 2.05) is 18.3 Å². The molecule has 2 heterocycles. The zero-order valence-corrected chi connectivity index (χ0v) is 8.82. The number of benzene rings is 1. The Kier molecular flexibility index (Phi) is 1.77. The largest absolute Gasteiger partial charge is 0.368 e. The Morgan fingerprint density at radius 1 is 1.31 bits per heavy atom. The molecule has 3 N–H and O–H groups in total. The summed E-state index contributed by atoms with van der Waals surface area (Å²) < 4.78 is 4.86. The highest BCUT2D eigenvalue weighted by molar-refractivity contribution is 5.87. The van der Waals surface area contributed by atoms with E-state index < -0.39 is 0 Å². The van der Waals surface area contributed by atoms with Gasteiger partial charge in [0.25, 0.3) is 0 Å². The van der Waals surface area contributed by atoms with Crippen LogP contribution >= 0.6 is 0 Å². The first-order chi connectivity index (χ1) is 7.74. The van der Waals surface area contributed by atoms with E-state index in [1.54, 1.807) is 6.07 Å². The van der Waals surface area contributed by atoms with Crippen molar-refractivity contribution >= 4 is 16.8 Å². The van der Waals surface area contributed by atoms with Crippen molar-refractivity contribution in [3.63, 3.8) is 0 Å². The second-order valence-corrected chi connectivity index (χ2v) is 3.85. The van der Waals surface area contributed by atoms with Gasteiger partial charge in [-0.15, -0.1) is 0 Å². The molecule has 1 aromatic carbocycles. The second-order valence-electron chi connectivity index (χ2n) is 3.85. The van der Waals surface area contributed by atoms with E-state index in [4.69, 9.17) is 10.3 Å². The molecular formula is C12H11N3O. The molecule has 0 aliphatic carbocycles. The first kappa shape index (κ1) is 9.03. The Labute approximate surface area is 92.0 Å². The third-order valence-corrected chi connectivity index (χ3v) is 2.71. The number of anilines is 1. The van der Waals surface area contributed by atoms with Gasteiger partial charge in [0, 0.05) is 28.7 Å². The number of nitrogens with two attached hydrogens (primary N) is 1. The lowest BCUT2D eigenvalue weighted by Crippen LogP contribution is -1.78. The van der Waals surface area contributed by atoms with Crippen molar-refractivity contribution < 1.29 is 4.52 Å². The Morgan fingerprint density at radius 2 is 2.19 bits per heavy atom. The van der Waals surface area contributed by atoms with Crippen LogP contribution in [0.15, 0.2) is 35.0 Å². The summed E-state index contributed by atoms with van der Waals surface area (Å²) >= 11 is 0. The van der Waals surface area contributed by atoms with Gasteiger partial charge in [-0.05, 0) is 24.6 Å². The van der Waals surface area contributed by atoms with E-state index in [0.29, 0.717) is 5.88 Å². The third-order valence-electron chi connectivity index (χ3n) is 2.71. The molecule has 0 fully saturated rings. The van der Waals surface area contributed by atoms with Crippen LogP contribution in [0.5, 0.6) is 0 Å². The number of H-pyrrole nitrogens is 1. The summed E-state index contributed by atoms with van der Waals surface area (Å²) in [6.45, 7) is 2.07. The lowest BCUT2D eigenvalue weighted by molar-refractivity contribution is 0.439. The maximum absolute atomic E-state index is 5.50. The Bertz CT molecular complexity index is 651. The predicted octanol–water partition coefficient (Wildman–Crippen LogP) is 2.71. The Balaban J connectivity index is 2.21. The van der Waals surface area contributed by atoms with Gasteiger partial charge >= 0.3 is 0 Å². The minimum absolute atomic E-state index is 0.334. The molecule has 0 aliphatic rings. The molecule has 4 heteroatoms. The molecule has 0 saturated carbocycles. The highest BCUT2D eigenvalue weighted by atomic mass is 16.5. The van der Waals surface area contributed by atoms with Crippen LogP contribution in [-0.4, -0.2) is 10.1 Å². The van der Waals surface area contributed by atoms with Crippen LogP contribution in [0.1, 0.15) is 5.56 Å². The molecule has 0 unspecified atom stereocenters. The normalized spacial score (nSPS) is 11.1. The topological polar surface area (TPSA) is 67.8 Å². The maximum Gasteiger partial charge on any atom is 0.222 e. The van der Waals surface area contributed by atoms with Crippen molar-refractivity contribution in [1.29, 1.82) is 0 Å². The molecular weight excluding hydrogens is 202 g/mol. The minimum Gasteiger partial charge on any atom is -0.368 e. The fraction of sp³-hybridized carbons (Fsp3) is 0.0833. The molecule has 0 bridgehead atoms. The SMILES string of the molecule is Cc1c[nH]c2ccc(-c3cc(N)on3)cc12. The van der Waals surface area contributed by atoms with Crippen LogP contribution in [0, 0.1) is 6.92 Å². The first-order valence-corrected chi connectivity index (χ1v) is 5.04. The monoisotopic (exact) mass is 213 g/mol. The highest BCUT2D eigenvalue weighted by Crippen LogP contribution is 2.26. The van der Waals surface area contributed by atoms with Crippen molar-refractivity contribution in [3.05, 3.63) is 36.0 Å². The van der Waals surface area contributed by atoms with Crippen molar-refractivity contribution in [3.8, 4) is 11.3 Å². The number of rotatable bonds is 1. The number of aryl methyl sites for hydroxylation is 1. The molecule has 16 heavy (non-hydrogen) atoms. The number of hydrogen-bond donors (Lipinski definition) is 2. The van der Waals surface area contributed by atoms with Gasteiger partial charge in [-0.3, -0.25) is 0 Å². The summed E-state index contributed by atoms with van der Waals surface area (Å²) in [5.74, 6) is 0.334. The number of hydrogen-bond acceptors (Lipinski definition) is 3. The quantitative estimate of drug-likeness (QED) is 0.653. The van der Waals surface area contributed by atoms with Gasteiger partial charge in [-0.1, -0.05) is 11.2 Å². The Hall–Kier alpha value is -2.23. The average Bonchev–Trinajstić information content (AvgIpc) is 2.86. The lowest BCUT2D eigenvalue weighted by atomic mass is 10.1. The first-order valence-electron chi connectivity index (χ1n) is 5.04. The van der Waals surface area contributed by atoms with Crippen LogP contribution in [0.2, 0.25) is 0 Å². The zero-order chi connectivity index (χ0) is 11.1. The summed E-state index contributed by atoms with van der Waals surface area (Å²) in [6.07, 6.45) is 1.99. The predicted molar refractivity (Wildman–Crippen MR) is 62.9 cm³/mol. The molecule has 0 amide bonds.